The van der Waals surface area contributed by atoms with Crippen molar-refractivity contribution in [3.8, 4) is 5.75 Å². The number of anilines is 3. The van der Waals surface area contributed by atoms with Crippen molar-refractivity contribution in [3.63, 3.8) is 0 Å². The van der Waals surface area contributed by atoms with Crippen LogP contribution in [0.5, 0.6) is 5.75 Å². The second-order valence-electron chi connectivity index (χ2n) is 6.44. The van der Waals surface area contributed by atoms with Gasteiger partial charge in [-0.05, 0) is 37.1 Å². The van der Waals surface area contributed by atoms with Gasteiger partial charge in [-0.2, -0.15) is 0 Å². The molecule has 162 valence electrons. The Bertz CT molecular complexity index is 1070. The lowest BCUT2D eigenvalue weighted by Crippen LogP contribution is -2.22. The summed E-state index contributed by atoms with van der Waals surface area (Å²) in [6.45, 7) is 3.82. The van der Waals surface area contributed by atoms with Crippen LogP contribution in [-0.4, -0.2) is 33.4 Å². The fraction of sp³-hybridized carbons (Fsp3) is 0.250. The first-order valence-corrected chi connectivity index (χ1v) is 11.1. The molecule has 1 amide bonds. The third-order valence-electron chi connectivity index (χ3n) is 4.32. The first-order chi connectivity index (χ1) is 14.9. The predicted octanol–water partition coefficient (Wildman–Crippen LogP) is 4.88. The number of ether oxygens (including phenoxy) is 1. The average Bonchev–Trinajstić information content (AvgIpc) is 3.20. The topological polar surface area (TPSA) is 119 Å². The van der Waals surface area contributed by atoms with E-state index in [-0.39, 0.29) is 17.3 Å². The second kappa shape index (κ2) is 10.2. The Morgan fingerprint density at radius 2 is 2.00 bits per heavy atom. The van der Waals surface area contributed by atoms with Crippen molar-refractivity contribution in [2.24, 2.45) is 0 Å². The van der Waals surface area contributed by atoms with Gasteiger partial charge < -0.3 is 15.4 Å². The zero-order valence-corrected chi connectivity index (χ0v) is 18.8. The Morgan fingerprint density at radius 1 is 1.26 bits per heavy atom. The number of hydrogen-bond donors (Lipinski definition) is 2. The van der Waals surface area contributed by atoms with Gasteiger partial charge in [0.1, 0.15) is 5.75 Å². The lowest BCUT2D eigenvalue weighted by molar-refractivity contribution is -0.384. The van der Waals surface area contributed by atoms with E-state index in [2.05, 4.69) is 27.8 Å². The van der Waals surface area contributed by atoms with Crippen LogP contribution in [0.1, 0.15) is 19.4 Å². The Balaban J connectivity index is 1.62. The molecule has 0 spiro atoms. The minimum atomic E-state index is -0.529. The van der Waals surface area contributed by atoms with Crippen LogP contribution in [0.2, 0.25) is 0 Å². The van der Waals surface area contributed by atoms with Crippen molar-refractivity contribution in [2.75, 3.05) is 17.7 Å². The van der Waals surface area contributed by atoms with E-state index in [1.807, 2.05) is 24.3 Å². The highest BCUT2D eigenvalue weighted by atomic mass is 32.2. The quantitative estimate of drug-likeness (QED) is 0.264. The summed E-state index contributed by atoms with van der Waals surface area (Å²) in [4.78, 5) is 23.1. The van der Waals surface area contributed by atoms with Gasteiger partial charge >= 0.3 is 0 Å². The highest BCUT2D eigenvalue weighted by Gasteiger charge is 2.20. The highest BCUT2D eigenvalue weighted by Crippen LogP contribution is 2.33. The monoisotopic (exact) mass is 459 g/mol. The van der Waals surface area contributed by atoms with E-state index in [4.69, 9.17) is 4.74 Å². The van der Waals surface area contributed by atoms with Crippen molar-refractivity contribution in [1.82, 2.24) is 10.2 Å². The molecule has 0 fully saturated rings. The Kier molecular flexibility index (Phi) is 7.42. The number of nitro groups is 1. The minimum absolute atomic E-state index is 0.136. The summed E-state index contributed by atoms with van der Waals surface area (Å²) in [7, 11) is 1.43. The molecule has 0 saturated carbocycles. The molecule has 0 bridgehead atoms. The fourth-order valence-corrected chi connectivity index (χ4v) is 4.52. The average molecular weight is 460 g/mol. The SMILES string of the molecule is CCc1ccc(Nc2nnc(S[C@H](C)C(=O)Nc3cc([N+](=O)[O-])ccc3OC)s2)cc1. The lowest BCUT2D eigenvalue weighted by Gasteiger charge is -2.13. The molecule has 0 aliphatic rings. The molecule has 3 rings (SSSR count). The Morgan fingerprint density at radius 3 is 2.65 bits per heavy atom. The lowest BCUT2D eigenvalue weighted by atomic mass is 10.1. The minimum Gasteiger partial charge on any atom is -0.495 e. The molecule has 1 aromatic heterocycles. The van der Waals surface area contributed by atoms with Crippen LogP contribution >= 0.6 is 23.1 Å². The first kappa shape index (κ1) is 22.5. The predicted molar refractivity (Wildman–Crippen MR) is 123 cm³/mol. The van der Waals surface area contributed by atoms with Gasteiger partial charge in [0.05, 0.1) is 23.0 Å². The number of aromatic nitrogens is 2. The summed E-state index contributed by atoms with van der Waals surface area (Å²) >= 11 is 2.59. The summed E-state index contributed by atoms with van der Waals surface area (Å²) in [6.07, 6.45) is 0.974. The largest absolute Gasteiger partial charge is 0.495 e. The van der Waals surface area contributed by atoms with Gasteiger partial charge in [-0.15, -0.1) is 10.2 Å². The number of nitro benzene ring substituents is 1. The number of non-ortho nitro benzene ring substituents is 1. The van der Waals surface area contributed by atoms with Gasteiger partial charge in [-0.1, -0.05) is 42.2 Å². The van der Waals surface area contributed by atoms with Crippen molar-refractivity contribution in [3.05, 3.63) is 58.1 Å². The van der Waals surface area contributed by atoms with Crippen LogP contribution in [0.4, 0.5) is 22.2 Å². The molecule has 0 saturated heterocycles. The van der Waals surface area contributed by atoms with E-state index >= 15 is 0 Å². The van der Waals surface area contributed by atoms with Crippen LogP contribution in [0.15, 0.2) is 46.8 Å². The maximum absolute atomic E-state index is 12.6. The fourth-order valence-electron chi connectivity index (χ4n) is 2.60. The summed E-state index contributed by atoms with van der Waals surface area (Å²) in [5, 5.41) is 25.3. The van der Waals surface area contributed by atoms with Crippen LogP contribution in [0, 0.1) is 10.1 Å². The molecule has 0 unspecified atom stereocenters. The number of methoxy groups -OCH3 is 1. The number of thioether (sulfide) groups is 1. The normalized spacial score (nSPS) is 11.6. The summed E-state index contributed by atoms with van der Waals surface area (Å²) in [6, 6.07) is 12.1. The molecule has 0 radical (unpaired) electrons. The highest BCUT2D eigenvalue weighted by molar-refractivity contribution is 8.02. The number of amides is 1. The van der Waals surface area contributed by atoms with Crippen molar-refractivity contribution >= 4 is 51.2 Å². The number of carbonyl (C=O) groups is 1. The van der Waals surface area contributed by atoms with Gasteiger partial charge in [0, 0.05) is 17.8 Å². The van der Waals surface area contributed by atoms with Crippen LogP contribution < -0.4 is 15.4 Å². The van der Waals surface area contributed by atoms with Crippen molar-refractivity contribution < 1.29 is 14.5 Å². The molecule has 1 atom stereocenters. The number of benzene rings is 2. The van der Waals surface area contributed by atoms with E-state index < -0.39 is 10.2 Å². The summed E-state index contributed by atoms with van der Waals surface area (Å²) < 4.78 is 5.81. The van der Waals surface area contributed by atoms with Gasteiger partial charge in [0.2, 0.25) is 11.0 Å². The molecule has 0 aliphatic heterocycles. The summed E-state index contributed by atoms with van der Waals surface area (Å²) in [5.74, 6) is 0.0105. The zero-order chi connectivity index (χ0) is 22.4. The number of nitrogens with one attached hydrogen (secondary N) is 2. The molecule has 2 aromatic carbocycles. The van der Waals surface area contributed by atoms with Gasteiger partial charge in [-0.3, -0.25) is 14.9 Å². The zero-order valence-electron chi connectivity index (χ0n) is 17.1. The molecule has 1 heterocycles. The van der Waals surface area contributed by atoms with Crippen molar-refractivity contribution in [1.29, 1.82) is 0 Å². The maximum Gasteiger partial charge on any atom is 0.271 e. The van der Waals surface area contributed by atoms with E-state index in [9.17, 15) is 14.9 Å². The molecule has 9 nitrogen and oxygen atoms in total. The smallest absolute Gasteiger partial charge is 0.271 e. The van der Waals surface area contributed by atoms with E-state index in [0.717, 1.165) is 12.1 Å². The van der Waals surface area contributed by atoms with Crippen LogP contribution in [-0.2, 0) is 11.2 Å². The third-order valence-corrected chi connectivity index (χ3v) is 6.34. The van der Waals surface area contributed by atoms with Gasteiger partial charge in [-0.25, -0.2) is 0 Å². The van der Waals surface area contributed by atoms with Crippen LogP contribution in [0.25, 0.3) is 0 Å². The Hall–Kier alpha value is -3.18. The van der Waals surface area contributed by atoms with Crippen molar-refractivity contribution in [2.45, 2.75) is 29.9 Å². The number of aryl methyl sites for hydroxylation is 1. The van der Waals surface area contributed by atoms with Crippen LogP contribution in [0.3, 0.4) is 0 Å². The van der Waals surface area contributed by atoms with Gasteiger partial charge in [0.15, 0.2) is 4.34 Å². The molecular formula is C20H21N5O4S2. The van der Waals surface area contributed by atoms with Gasteiger partial charge in [0.25, 0.3) is 5.69 Å². The first-order valence-electron chi connectivity index (χ1n) is 9.39. The molecule has 11 heteroatoms. The Labute approximate surface area is 187 Å². The molecule has 3 aromatic rings. The molecule has 0 aliphatic carbocycles. The van der Waals surface area contributed by atoms with E-state index in [1.165, 1.54) is 54.0 Å². The molecule has 31 heavy (non-hydrogen) atoms. The molecule has 2 N–H and O–H groups in total. The number of carbonyl (C=O) groups excluding carboxylic acids is 1. The standard InChI is InChI=1S/C20H21N5O4S2/c1-4-13-5-7-14(8-6-13)21-19-23-24-20(31-19)30-12(2)18(26)22-16-11-15(25(27)28)9-10-17(16)29-3/h5-12H,4H2,1-3H3,(H,21,23)(H,22,26)/t12-/m1/s1. The maximum atomic E-state index is 12.6. The molecular weight excluding hydrogens is 438 g/mol. The number of rotatable bonds is 9. The summed E-state index contributed by atoms with van der Waals surface area (Å²) in [5.41, 5.74) is 2.26. The third kappa shape index (κ3) is 5.92. The van der Waals surface area contributed by atoms with E-state index in [1.54, 1.807) is 6.92 Å². The number of hydrogen-bond acceptors (Lipinski definition) is 9. The number of nitrogens with zero attached hydrogens (tertiary/aromatic N) is 3. The second-order valence-corrected chi connectivity index (χ2v) is 9.01. The van der Waals surface area contributed by atoms with E-state index in [0.29, 0.717) is 15.2 Å².